The number of aromatic carboxylic acids is 1. The number of sulfonamides is 1. The first-order chi connectivity index (χ1) is 9.61. The predicted molar refractivity (Wildman–Crippen MR) is 68.2 cm³/mol. The summed E-state index contributed by atoms with van der Waals surface area (Å²) >= 11 is 0. The quantitative estimate of drug-likeness (QED) is 0.639. The van der Waals surface area contributed by atoms with Crippen LogP contribution in [0.25, 0.3) is 0 Å². The number of hydrogen-bond donors (Lipinski definition) is 3. The molecule has 116 valence electrons. The molecule has 0 aliphatic heterocycles. The minimum Gasteiger partial charge on any atom is -0.478 e. The van der Waals surface area contributed by atoms with Crippen molar-refractivity contribution in [3.8, 4) is 0 Å². The lowest BCUT2D eigenvalue weighted by Gasteiger charge is -2.08. The zero-order valence-corrected chi connectivity index (χ0v) is 11.4. The molecule has 0 fully saturated rings. The molecular formula is C11H12F2N2O5S. The molecule has 1 amide bonds. The van der Waals surface area contributed by atoms with Crippen molar-refractivity contribution in [2.75, 3.05) is 12.3 Å². The highest BCUT2D eigenvalue weighted by molar-refractivity contribution is 7.89. The second-order valence-electron chi connectivity index (χ2n) is 4.09. The van der Waals surface area contributed by atoms with Crippen molar-refractivity contribution in [3.05, 3.63) is 34.9 Å². The molecule has 10 heteroatoms. The Morgan fingerprint density at radius 1 is 1.19 bits per heavy atom. The number of benzene rings is 1. The van der Waals surface area contributed by atoms with Gasteiger partial charge in [-0.25, -0.2) is 27.1 Å². The van der Waals surface area contributed by atoms with Crippen LogP contribution >= 0.6 is 0 Å². The molecule has 0 atom stereocenters. The number of amides is 1. The van der Waals surface area contributed by atoms with Crippen LogP contribution in [0.4, 0.5) is 8.78 Å². The van der Waals surface area contributed by atoms with Gasteiger partial charge in [0.2, 0.25) is 10.0 Å². The molecule has 0 unspecified atom stereocenters. The van der Waals surface area contributed by atoms with E-state index in [0.29, 0.717) is 12.1 Å². The van der Waals surface area contributed by atoms with Crippen molar-refractivity contribution in [1.29, 1.82) is 0 Å². The Hall–Kier alpha value is -2.07. The van der Waals surface area contributed by atoms with E-state index in [0.717, 1.165) is 0 Å². The summed E-state index contributed by atoms with van der Waals surface area (Å²) in [5, 5.41) is 15.8. The van der Waals surface area contributed by atoms with E-state index in [9.17, 15) is 26.8 Å². The van der Waals surface area contributed by atoms with Gasteiger partial charge in [-0.3, -0.25) is 4.79 Å². The number of hydrogen-bond acceptors (Lipinski definition) is 4. The first-order valence-electron chi connectivity index (χ1n) is 5.63. The van der Waals surface area contributed by atoms with Crippen LogP contribution in [0.5, 0.6) is 0 Å². The van der Waals surface area contributed by atoms with Gasteiger partial charge in [-0.15, -0.1) is 0 Å². The highest BCUT2D eigenvalue weighted by atomic mass is 32.2. The molecule has 1 aromatic rings. The highest BCUT2D eigenvalue weighted by Crippen LogP contribution is 2.15. The summed E-state index contributed by atoms with van der Waals surface area (Å²) in [4.78, 5) is 22.6. The third-order valence-electron chi connectivity index (χ3n) is 2.43. The van der Waals surface area contributed by atoms with Crippen LogP contribution < -0.4 is 10.5 Å². The Morgan fingerprint density at radius 2 is 1.71 bits per heavy atom. The van der Waals surface area contributed by atoms with Gasteiger partial charge in [0.05, 0.1) is 16.9 Å². The fourth-order valence-corrected chi connectivity index (χ4v) is 2.03. The first kappa shape index (κ1) is 17.0. The van der Waals surface area contributed by atoms with Gasteiger partial charge < -0.3 is 10.4 Å². The molecule has 0 heterocycles. The Labute approximate surface area is 118 Å². The number of carbonyl (C=O) groups is 2. The molecule has 0 aliphatic rings. The second-order valence-corrected chi connectivity index (χ2v) is 5.83. The van der Waals surface area contributed by atoms with Crippen LogP contribution in [0, 0.1) is 11.6 Å². The van der Waals surface area contributed by atoms with Gasteiger partial charge in [0, 0.05) is 6.54 Å². The van der Waals surface area contributed by atoms with Gasteiger partial charge in [-0.05, 0) is 18.6 Å². The molecule has 0 aromatic heterocycles. The highest BCUT2D eigenvalue weighted by Gasteiger charge is 2.20. The van der Waals surface area contributed by atoms with Gasteiger partial charge >= 0.3 is 5.97 Å². The Morgan fingerprint density at radius 3 is 2.19 bits per heavy atom. The number of rotatable bonds is 6. The van der Waals surface area contributed by atoms with Crippen LogP contribution in [0.15, 0.2) is 12.1 Å². The van der Waals surface area contributed by atoms with Gasteiger partial charge in [0.15, 0.2) is 11.6 Å². The summed E-state index contributed by atoms with van der Waals surface area (Å²) in [6, 6.07) is 0.866. The third-order valence-corrected chi connectivity index (χ3v) is 3.28. The first-order valence-corrected chi connectivity index (χ1v) is 7.34. The van der Waals surface area contributed by atoms with Crippen molar-refractivity contribution in [3.63, 3.8) is 0 Å². The van der Waals surface area contributed by atoms with Gasteiger partial charge in [-0.1, -0.05) is 0 Å². The number of carbonyl (C=O) groups excluding carboxylic acids is 1. The summed E-state index contributed by atoms with van der Waals surface area (Å²) in [5.74, 6) is -5.69. The van der Waals surface area contributed by atoms with E-state index >= 15 is 0 Å². The maximum atomic E-state index is 13.1. The zero-order valence-electron chi connectivity index (χ0n) is 10.6. The van der Waals surface area contributed by atoms with E-state index in [2.05, 4.69) is 5.32 Å². The van der Waals surface area contributed by atoms with Gasteiger partial charge in [0.25, 0.3) is 5.91 Å². The van der Waals surface area contributed by atoms with Crippen molar-refractivity contribution in [2.24, 2.45) is 5.14 Å². The van der Waals surface area contributed by atoms with Crippen LogP contribution in [-0.2, 0) is 10.0 Å². The molecule has 1 rings (SSSR count). The van der Waals surface area contributed by atoms with E-state index in [4.69, 9.17) is 10.2 Å². The molecule has 0 spiro atoms. The number of carboxylic acids is 1. The Balaban J connectivity index is 2.83. The van der Waals surface area contributed by atoms with Gasteiger partial charge in [-0.2, -0.15) is 0 Å². The summed E-state index contributed by atoms with van der Waals surface area (Å²) < 4.78 is 47.4. The van der Waals surface area contributed by atoms with E-state index < -0.39 is 44.7 Å². The largest absolute Gasteiger partial charge is 0.478 e. The maximum absolute atomic E-state index is 13.1. The number of nitrogens with one attached hydrogen (secondary N) is 1. The van der Waals surface area contributed by atoms with Gasteiger partial charge in [0.1, 0.15) is 0 Å². The molecule has 0 radical (unpaired) electrons. The SMILES string of the molecule is NS(=O)(=O)CCCNC(=O)c1cc(F)c(F)cc1C(=O)O. The molecule has 0 bridgehead atoms. The second kappa shape index (κ2) is 6.59. The van der Waals surface area contributed by atoms with E-state index in [1.807, 2.05) is 0 Å². The van der Waals surface area contributed by atoms with Crippen molar-refractivity contribution >= 4 is 21.9 Å². The number of halogens is 2. The van der Waals surface area contributed by atoms with E-state index in [1.165, 1.54) is 0 Å². The van der Waals surface area contributed by atoms with E-state index in [1.54, 1.807) is 0 Å². The standard InChI is InChI=1S/C11H12F2N2O5S/c12-8-4-6(7(11(17)18)5-9(8)13)10(16)15-2-1-3-21(14,19)20/h4-5H,1-3H2,(H,15,16)(H,17,18)(H2,14,19,20). The van der Waals surface area contributed by atoms with Crippen LogP contribution in [0.3, 0.4) is 0 Å². The molecule has 4 N–H and O–H groups in total. The fourth-order valence-electron chi connectivity index (χ4n) is 1.48. The average molecular weight is 322 g/mol. The minimum atomic E-state index is -3.68. The zero-order chi connectivity index (χ0) is 16.2. The molecule has 0 saturated heterocycles. The van der Waals surface area contributed by atoms with Crippen molar-refractivity contribution < 1.29 is 31.9 Å². The van der Waals surface area contributed by atoms with Crippen molar-refractivity contribution in [1.82, 2.24) is 5.32 Å². The Kier molecular flexibility index (Phi) is 5.33. The maximum Gasteiger partial charge on any atom is 0.336 e. The molecule has 21 heavy (non-hydrogen) atoms. The minimum absolute atomic E-state index is 0.00332. The summed E-state index contributed by atoms with van der Waals surface area (Å²) in [7, 11) is -3.68. The Bertz CT molecular complexity index is 675. The topological polar surface area (TPSA) is 127 Å². The van der Waals surface area contributed by atoms with Crippen molar-refractivity contribution in [2.45, 2.75) is 6.42 Å². The molecule has 1 aromatic carbocycles. The predicted octanol–water partition coefficient (Wildman–Crippen LogP) is 0.0714. The average Bonchev–Trinajstić information content (AvgIpc) is 2.35. The third kappa shape index (κ3) is 5.08. The molecule has 7 nitrogen and oxygen atoms in total. The van der Waals surface area contributed by atoms with E-state index in [-0.39, 0.29) is 18.7 Å². The number of nitrogens with two attached hydrogens (primary N) is 1. The molecular weight excluding hydrogens is 310 g/mol. The van der Waals surface area contributed by atoms with Crippen LogP contribution in [0.2, 0.25) is 0 Å². The number of primary sulfonamides is 1. The lowest BCUT2D eigenvalue weighted by Crippen LogP contribution is -2.28. The monoisotopic (exact) mass is 322 g/mol. The lowest BCUT2D eigenvalue weighted by molar-refractivity contribution is 0.0690. The molecule has 0 saturated carbocycles. The van der Waals surface area contributed by atoms with Crippen LogP contribution in [-0.4, -0.2) is 37.7 Å². The normalized spacial score (nSPS) is 11.2. The van der Waals surface area contributed by atoms with Crippen LogP contribution in [0.1, 0.15) is 27.1 Å². The fraction of sp³-hybridized carbons (Fsp3) is 0.273. The smallest absolute Gasteiger partial charge is 0.336 e. The summed E-state index contributed by atoms with van der Waals surface area (Å²) in [5.41, 5.74) is -1.25. The summed E-state index contributed by atoms with van der Waals surface area (Å²) in [6.45, 7) is -0.118. The summed E-state index contributed by atoms with van der Waals surface area (Å²) in [6.07, 6.45) is -0.00332. The molecule has 0 aliphatic carbocycles. The lowest BCUT2D eigenvalue weighted by atomic mass is 10.1. The number of carboxylic acid groups (broad SMARTS) is 1.